The van der Waals surface area contributed by atoms with E-state index in [1.165, 1.54) is 25.7 Å². The first-order chi connectivity index (χ1) is 8.84. The van der Waals surface area contributed by atoms with Crippen LogP contribution < -0.4 is 0 Å². The van der Waals surface area contributed by atoms with Crippen molar-refractivity contribution in [2.75, 3.05) is 0 Å². The standard InChI is InChI=1S/C17H28O2/c1-5-17-10-7-12-15(2,3)8-6-9-16(12,4)13(17)11-14(18)19-17/h12-13H,5-11H2,1-4H3/t12?,13-,16+,17-/m1/s1. The summed E-state index contributed by atoms with van der Waals surface area (Å²) in [5, 5.41) is 0. The van der Waals surface area contributed by atoms with Gasteiger partial charge in [0.05, 0.1) is 6.42 Å². The Kier molecular flexibility index (Phi) is 2.82. The lowest BCUT2D eigenvalue weighted by atomic mass is 9.45. The monoisotopic (exact) mass is 264 g/mol. The van der Waals surface area contributed by atoms with Gasteiger partial charge >= 0.3 is 5.97 Å². The molecule has 2 heteroatoms. The Bertz CT molecular complexity index is 400. The van der Waals surface area contributed by atoms with Gasteiger partial charge in [0.1, 0.15) is 5.60 Å². The molecule has 1 aliphatic heterocycles. The number of ether oxygens (including phenoxy) is 1. The number of hydrogen-bond acceptors (Lipinski definition) is 2. The SMILES string of the molecule is CC[C@@]12CCC3C(C)(C)CCC[C@]3(C)[C@H]1CC(=O)O2. The van der Waals surface area contributed by atoms with Crippen molar-refractivity contribution >= 4 is 5.97 Å². The van der Waals surface area contributed by atoms with Crippen LogP contribution >= 0.6 is 0 Å². The Balaban J connectivity index is 2.01. The van der Waals surface area contributed by atoms with Crippen molar-refractivity contribution in [3.63, 3.8) is 0 Å². The molecule has 2 nitrogen and oxygen atoms in total. The zero-order valence-corrected chi connectivity index (χ0v) is 12.9. The van der Waals surface area contributed by atoms with Crippen molar-refractivity contribution in [3.05, 3.63) is 0 Å². The fourth-order valence-electron chi connectivity index (χ4n) is 5.94. The predicted octanol–water partition coefficient (Wildman–Crippen LogP) is 4.32. The summed E-state index contributed by atoms with van der Waals surface area (Å²) in [7, 11) is 0. The van der Waals surface area contributed by atoms with Gasteiger partial charge in [0.25, 0.3) is 0 Å². The third kappa shape index (κ3) is 1.71. The average Bonchev–Trinajstić information content (AvgIpc) is 2.67. The minimum absolute atomic E-state index is 0.0529. The average molecular weight is 264 g/mol. The largest absolute Gasteiger partial charge is 0.459 e. The number of fused-ring (bicyclic) bond motifs is 3. The second-order valence-electron chi connectivity index (χ2n) is 8.09. The van der Waals surface area contributed by atoms with Crippen molar-refractivity contribution in [2.24, 2.45) is 22.7 Å². The van der Waals surface area contributed by atoms with Crippen LogP contribution in [0.3, 0.4) is 0 Å². The molecule has 0 radical (unpaired) electrons. The fraction of sp³-hybridized carbons (Fsp3) is 0.941. The lowest BCUT2D eigenvalue weighted by molar-refractivity contribution is -0.170. The minimum Gasteiger partial charge on any atom is -0.459 e. The zero-order valence-electron chi connectivity index (χ0n) is 12.9. The summed E-state index contributed by atoms with van der Waals surface area (Å²) in [5.74, 6) is 1.26. The second kappa shape index (κ2) is 3.99. The van der Waals surface area contributed by atoms with Gasteiger partial charge in [-0.05, 0) is 48.9 Å². The third-order valence-electron chi connectivity index (χ3n) is 6.85. The molecule has 0 amide bonds. The van der Waals surface area contributed by atoms with Crippen molar-refractivity contribution < 1.29 is 9.53 Å². The molecule has 0 aromatic carbocycles. The Labute approximate surface area is 117 Å². The highest BCUT2D eigenvalue weighted by Crippen LogP contribution is 2.65. The first-order valence-corrected chi connectivity index (χ1v) is 8.06. The molecule has 0 bridgehead atoms. The summed E-state index contributed by atoms with van der Waals surface area (Å²) in [6, 6.07) is 0. The highest BCUT2D eigenvalue weighted by molar-refractivity contribution is 5.73. The molecule has 1 unspecified atom stereocenters. The molecular formula is C17H28O2. The van der Waals surface area contributed by atoms with Gasteiger partial charge in [0, 0.05) is 5.92 Å². The molecule has 0 spiro atoms. The van der Waals surface area contributed by atoms with Crippen LogP contribution in [0.5, 0.6) is 0 Å². The lowest BCUT2D eigenvalue weighted by Crippen LogP contribution is -2.56. The molecule has 4 atom stereocenters. The van der Waals surface area contributed by atoms with Crippen molar-refractivity contribution in [3.8, 4) is 0 Å². The number of rotatable bonds is 1. The summed E-state index contributed by atoms with van der Waals surface area (Å²) in [5.41, 5.74) is 0.608. The second-order valence-corrected chi connectivity index (χ2v) is 8.09. The van der Waals surface area contributed by atoms with Gasteiger partial charge in [-0.25, -0.2) is 0 Å². The summed E-state index contributed by atoms with van der Waals surface area (Å²) < 4.78 is 5.85. The first kappa shape index (κ1) is 13.5. The van der Waals surface area contributed by atoms with Crippen LogP contribution in [0.15, 0.2) is 0 Å². The van der Waals surface area contributed by atoms with Gasteiger partial charge in [0.15, 0.2) is 0 Å². The number of hydrogen-bond donors (Lipinski definition) is 0. The van der Waals surface area contributed by atoms with Gasteiger partial charge in [-0.2, -0.15) is 0 Å². The fourth-order valence-corrected chi connectivity index (χ4v) is 5.94. The van der Waals surface area contributed by atoms with Gasteiger partial charge in [-0.1, -0.05) is 34.1 Å². The molecule has 108 valence electrons. The van der Waals surface area contributed by atoms with Gasteiger partial charge < -0.3 is 4.74 Å². The topological polar surface area (TPSA) is 26.3 Å². The number of esters is 1. The zero-order chi connectivity index (χ0) is 13.9. The van der Waals surface area contributed by atoms with Gasteiger partial charge in [0.2, 0.25) is 0 Å². The van der Waals surface area contributed by atoms with Crippen LogP contribution in [0, 0.1) is 22.7 Å². The Morgan fingerprint density at radius 3 is 2.58 bits per heavy atom. The minimum atomic E-state index is -0.129. The van der Waals surface area contributed by atoms with E-state index in [0.29, 0.717) is 23.2 Å². The molecule has 1 saturated heterocycles. The highest BCUT2D eigenvalue weighted by atomic mass is 16.6. The van der Waals surface area contributed by atoms with Crippen LogP contribution in [0.25, 0.3) is 0 Å². The molecule has 2 aliphatic carbocycles. The van der Waals surface area contributed by atoms with E-state index in [0.717, 1.165) is 18.8 Å². The number of carbonyl (C=O) groups is 1. The Hall–Kier alpha value is -0.530. The predicted molar refractivity (Wildman–Crippen MR) is 75.7 cm³/mol. The molecular weight excluding hydrogens is 236 g/mol. The first-order valence-electron chi connectivity index (χ1n) is 8.06. The van der Waals surface area contributed by atoms with E-state index in [2.05, 4.69) is 27.7 Å². The van der Waals surface area contributed by atoms with Crippen LogP contribution in [0.2, 0.25) is 0 Å². The van der Waals surface area contributed by atoms with E-state index < -0.39 is 0 Å². The Morgan fingerprint density at radius 2 is 1.89 bits per heavy atom. The highest BCUT2D eigenvalue weighted by Gasteiger charge is 2.63. The van der Waals surface area contributed by atoms with Gasteiger partial charge in [-0.3, -0.25) is 4.79 Å². The van der Waals surface area contributed by atoms with E-state index in [1.54, 1.807) is 0 Å². The summed E-state index contributed by atoms with van der Waals surface area (Å²) >= 11 is 0. The normalized spacial score (nSPS) is 48.3. The third-order valence-corrected chi connectivity index (χ3v) is 6.85. The maximum Gasteiger partial charge on any atom is 0.306 e. The molecule has 3 aliphatic rings. The van der Waals surface area contributed by atoms with Crippen LogP contribution in [-0.2, 0) is 9.53 Å². The smallest absolute Gasteiger partial charge is 0.306 e. The molecule has 0 aromatic heterocycles. The Morgan fingerprint density at radius 1 is 1.16 bits per heavy atom. The summed E-state index contributed by atoms with van der Waals surface area (Å²) in [6.45, 7) is 9.52. The van der Waals surface area contributed by atoms with Crippen LogP contribution in [0.1, 0.15) is 72.6 Å². The van der Waals surface area contributed by atoms with E-state index in [9.17, 15) is 4.79 Å². The molecule has 19 heavy (non-hydrogen) atoms. The van der Waals surface area contributed by atoms with Crippen molar-refractivity contribution in [1.82, 2.24) is 0 Å². The number of carbonyl (C=O) groups excluding carboxylic acids is 1. The maximum atomic E-state index is 11.9. The summed E-state index contributed by atoms with van der Waals surface area (Å²) in [6.07, 6.45) is 7.91. The van der Waals surface area contributed by atoms with Crippen LogP contribution in [-0.4, -0.2) is 11.6 Å². The van der Waals surface area contributed by atoms with E-state index in [4.69, 9.17) is 4.74 Å². The quantitative estimate of drug-likeness (QED) is 0.659. The van der Waals surface area contributed by atoms with E-state index in [1.807, 2.05) is 0 Å². The van der Waals surface area contributed by atoms with Crippen molar-refractivity contribution in [1.29, 1.82) is 0 Å². The van der Waals surface area contributed by atoms with Gasteiger partial charge in [-0.15, -0.1) is 0 Å². The van der Waals surface area contributed by atoms with E-state index in [-0.39, 0.29) is 11.6 Å². The molecule has 2 saturated carbocycles. The molecule has 3 rings (SSSR count). The maximum absolute atomic E-state index is 11.9. The molecule has 0 N–H and O–H groups in total. The molecule has 0 aromatic rings. The van der Waals surface area contributed by atoms with Crippen molar-refractivity contribution in [2.45, 2.75) is 78.2 Å². The van der Waals surface area contributed by atoms with E-state index >= 15 is 0 Å². The summed E-state index contributed by atoms with van der Waals surface area (Å²) in [4.78, 5) is 11.9. The molecule has 1 heterocycles. The van der Waals surface area contributed by atoms with Crippen LogP contribution in [0.4, 0.5) is 0 Å². The molecule has 3 fully saturated rings. The lowest BCUT2D eigenvalue weighted by Gasteiger charge is -2.60.